The summed E-state index contributed by atoms with van der Waals surface area (Å²) in [7, 11) is 1.66. The van der Waals surface area contributed by atoms with Crippen molar-refractivity contribution in [1.82, 2.24) is 5.32 Å². The van der Waals surface area contributed by atoms with Gasteiger partial charge in [0, 0.05) is 20.2 Å². The van der Waals surface area contributed by atoms with E-state index in [1.54, 1.807) is 7.11 Å². The minimum atomic E-state index is -0.417. The normalized spacial score (nSPS) is 24.8. The molecule has 0 heterocycles. The molecule has 4 nitrogen and oxygen atoms in total. The molecule has 2 aliphatic carbocycles. The summed E-state index contributed by atoms with van der Waals surface area (Å²) in [6, 6.07) is 0. The molecule has 18 heavy (non-hydrogen) atoms. The van der Waals surface area contributed by atoms with Gasteiger partial charge in [0.25, 0.3) is 0 Å². The van der Waals surface area contributed by atoms with Gasteiger partial charge in [-0.25, -0.2) is 0 Å². The Kier molecular flexibility index (Phi) is 5.01. The van der Waals surface area contributed by atoms with Gasteiger partial charge in [0.15, 0.2) is 0 Å². The summed E-state index contributed by atoms with van der Waals surface area (Å²) in [6.45, 7) is 4.62. The first-order chi connectivity index (χ1) is 8.66. The number of ether oxygens (including phenoxy) is 2. The molecule has 0 aromatic rings. The number of hydrogen-bond acceptors (Lipinski definition) is 4. The van der Waals surface area contributed by atoms with Crippen molar-refractivity contribution in [2.24, 2.45) is 11.3 Å². The Balaban J connectivity index is 1.50. The van der Waals surface area contributed by atoms with E-state index in [1.165, 1.54) is 25.7 Å². The summed E-state index contributed by atoms with van der Waals surface area (Å²) < 4.78 is 10.5. The second-order valence-electron chi connectivity index (χ2n) is 6.02. The summed E-state index contributed by atoms with van der Waals surface area (Å²) >= 11 is 0. The summed E-state index contributed by atoms with van der Waals surface area (Å²) in [6.07, 6.45) is 5.22. The molecule has 0 aromatic carbocycles. The third-order valence-corrected chi connectivity index (χ3v) is 4.17. The first-order valence-corrected chi connectivity index (χ1v) is 7.15. The smallest absolute Gasteiger partial charge is 0.0897 e. The topological polar surface area (TPSA) is 50.7 Å². The second kappa shape index (κ2) is 6.33. The van der Waals surface area contributed by atoms with E-state index in [9.17, 15) is 5.11 Å². The molecule has 0 spiro atoms. The second-order valence-corrected chi connectivity index (χ2v) is 6.02. The van der Waals surface area contributed by atoms with E-state index < -0.39 is 6.10 Å². The highest BCUT2D eigenvalue weighted by Gasteiger charge is 2.53. The van der Waals surface area contributed by atoms with Gasteiger partial charge in [0.1, 0.15) is 0 Å². The Labute approximate surface area is 110 Å². The van der Waals surface area contributed by atoms with E-state index in [4.69, 9.17) is 9.47 Å². The molecule has 2 atom stereocenters. The van der Waals surface area contributed by atoms with E-state index >= 15 is 0 Å². The third kappa shape index (κ3) is 4.19. The number of hydrogen-bond donors (Lipinski definition) is 2. The van der Waals surface area contributed by atoms with Crippen molar-refractivity contribution in [2.75, 3.05) is 33.4 Å². The van der Waals surface area contributed by atoms with E-state index in [1.807, 2.05) is 6.92 Å². The summed E-state index contributed by atoms with van der Waals surface area (Å²) in [5, 5.41) is 13.2. The zero-order valence-corrected chi connectivity index (χ0v) is 11.7. The summed E-state index contributed by atoms with van der Waals surface area (Å²) in [4.78, 5) is 0. The molecule has 4 heteroatoms. The van der Waals surface area contributed by atoms with Crippen molar-refractivity contribution in [2.45, 2.75) is 44.8 Å². The molecular formula is C14H27NO3. The van der Waals surface area contributed by atoms with Gasteiger partial charge in [-0.15, -0.1) is 0 Å². The fourth-order valence-electron chi connectivity index (χ4n) is 2.69. The lowest BCUT2D eigenvalue weighted by molar-refractivity contribution is -0.0312. The van der Waals surface area contributed by atoms with Crippen LogP contribution in [0.4, 0.5) is 0 Å². The minimum absolute atomic E-state index is 0.0471. The summed E-state index contributed by atoms with van der Waals surface area (Å²) in [5.41, 5.74) is 0.601. The molecule has 0 aliphatic heterocycles. The maximum absolute atomic E-state index is 9.81. The molecule has 2 N–H and O–H groups in total. The number of rotatable bonds is 10. The molecule has 106 valence electrons. The molecule has 2 rings (SSSR count). The fourth-order valence-corrected chi connectivity index (χ4v) is 2.69. The van der Waals surface area contributed by atoms with Gasteiger partial charge in [0.05, 0.1) is 25.4 Å². The van der Waals surface area contributed by atoms with Gasteiger partial charge in [-0.3, -0.25) is 0 Å². The van der Waals surface area contributed by atoms with Crippen molar-refractivity contribution in [3.63, 3.8) is 0 Å². The Morgan fingerprint density at radius 1 is 1.33 bits per heavy atom. The first-order valence-electron chi connectivity index (χ1n) is 7.15. The Morgan fingerprint density at radius 2 is 2.06 bits per heavy atom. The van der Waals surface area contributed by atoms with Crippen molar-refractivity contribution in [3.05, 3.63) is 0 Å². The van der Waals surface area contributed by atoms with Crippen LogP contribution >= 0.6 is 0 Å². The monoisotopic (exact) mass is 257 g/mol. The molecule has 0 amide bonds. The van der Waals surface area contributed by atoms with Crippen molar-refractivity contribution >= 4 is 0 Å². The number of nitrogens with one attached hydrogen (secondary N) is 1. The van der Waals surface area contributed by atoms with Gasteiger partial charge in [-0.1, -0.05) is 0 Å². The maximum Gasteiger partial charge on any atom is 0.0897 e. The zero-order chi connectivity index (χ0) is 13.0. The van der Waals surface area contributed by atoms with E-state index in [-0.39, 0.29) is 6.10 Å². The van der Waals surface area contributed by atoms with Crippen LogP contribution in [0.25, 0.3) is 0 Å². The Hall–Kier alpha value is -0.160. The molecule has 0 radical (unpaired) electrons. The molecule has 2 unspecified atom stereocenters. The zero-order valence-electron chi connectivity index (χ0n) is 11.7. The summed E-state index contributed by atoms with van der Waals surface area (Å²) in [5.74, 6) is 0.972. The van der Waals surface area contributed by atoms with Crippen LogP contribution < -0.4 is 5.32 Å². The lowest BCUT2D eigenvalue weighted by Crippen LogP contribution is -2.35. The molecule has 0 bridgehead atoms. The molecule has 2 saturated carbocycles. The molecule has 0 aromatic heterocycles. The van der Waals surface area contributed by atoms with E-state index in [0.29, 0.717) is 25.2 Å². The van der Waals surface area contributed by atoms with Crippen molar-refractivity contribution < 1.29 is 14.6 Å². The van der Waals surface area contributed by atoms with Gasteiger partial charge >= 0.3 is 0 Å². The fraction of sp³-hybridized carbons (Fsp3) is 1.00. The highest BCUT2D eigenvalue weighted by Crippen LogP contribution is 2.60. The Bertz CT molecular complexity index is 251. The highest BCUT2D eigenvalue weighted by molar-refractivity contribution is 5.05. The number of aliphatic hydroxyl groups is 1. The van der Waals surface area contributed by atoms with Crippen LogP contribution in [0.2, 0.25) is 0 Å². The number of methoxy groups -OCH3 is 1. The van der Waals surface area contributed by atoms with Gasteiger partial charge in [-0.2, -0.15) is 0 Å². The highest BCUT2D eigenvalue weighted by atomic mass is 16.5. The quantitative estimate of drug-likeness (QED) is 0.617. The Morgan fingerprint density at radius 3 is 2.61 bits per heavy atom. The molecule has 2 aliphatic rings. The molecule has 0 saturated heterocycles. The van der Waals surface area contributed by atoms with Gasteiger partial charge in [0.2, 0.25) is 0 Å². The molecular weight excluding hydrogens is 230 g/mol. The van der Waals surface area contributed by atoms with E-state index in [0.717, 1.165) is 12.5 Å². The number of aliphatic hydroxyl groups excluding tert-OH is 1. The third-order valence-electron chi connectivity index (χ3n) is 4.17. The van der Waals surface area contributed by atoms with Crippen LogP contribution in [0.3, 0.4) is 0 Å². The van der Waals surface area contributed by atoms with Crippen LogP contribution in [0.1, 0.15) is 32.6 Å². The van der Waals surface area contributed by atoms with Crippen molar-refractivity contribution in [3.8, 4) is 0 Å². The van der Waals surface area contributed by atoms with Crippen LogP contribution in [-0.4, -0.2) is 50.7 Å². The average molecular weight is 257 g/mol. The standard InChI is InChI=1S/C14H27NO3/c1-11(8-17-2)18-9-13(16)7-15-10-14(5-6-14)12-3-4-12/h11-13,15-16H,3-10H2,1-2H3. The lowest BCUT2D eigenvalue weighted by Gasteiger charge is -2.19. The van der Waals surface area contributed by atoms with Crippen LogP contribution in [0.5, 0.6) is 0 Å². The van der Waals surface area contributed by atoms with Gasteiger partial charge < -0.3 is 19.9 Å². The van der Waals surface area contributed by atoms with Crippen LogP contribution in [-0.2, 0) is 9.47 Å². The SMILES string of the molecule is COCC(C)OCC(O)CNCC1(C2CC2)CC1. The van der Waals surface area contributed by atoms with Crippen molar-refractivity contribution in [1.29, 1.82) is 0 Å². The van der Waals surface area contributed by atoms with E-state index in [2.05, 4.69) is 5.32 Å². The average Bonchev–Trinajstić information content (AvgIpc) is 3.18. The predicted molar refractivity (Wildman–Crippen MR) is 70.6 cm³/mol. The van der Waals surface area contributed by atoms with Gasteiger partial charge in [-0.05, 0) is 43.9 Å². The predicted octanol–water partition coefficient (Wildman–Crippen LogP) is 1.18. The largest absolute Gasteiger partial charge is 0.389 e. The van der Waals surface area contributed by atoms with Crippen LogP contribution in [0, 0.1) is 11.3 Å². The molecule has 2 fully saturated rings. The van der Waals surface area contributed by atoms with Crippen LogP contribution in [0.15, 0.2) is 0 Å². The maximum atomic E-state index is 9.81. The lowest BCUT2D eigenvalue weighted by atomic mass is 10.0. The first kappa shape index (κ1) is 14.3. The minimum Gasteiger partial charge on any atom is -0.389 e.